The zero-order valence-electron chi connectivity index (χ0n) is 71.6. The standard InChI is InChI=1S/C39H76N6O10.C18H44N8O.C8H16BrNO2.C7H16N2O2.CH4O.2ClH.H4N2/c1-36(2,3)52-32(47)40-21-16-26-44(27-17-22-41-33(48)53-37(4,5)6)25-15-14-20-30(31(46)51-13)45(28-18-23-42-34(49)54-38(7,8)9)29-19-24-43-35(50)55-39(10,11)12;19-8-3-13-25(14-4-9-20)12-2-1-7-17(18(27)24-23)26(15-5-10-21)16-6-11-22;1-8(2,3)12-7(11)10-6-4-5-9;1-11-7(10)6(9)4-2-3-5-8;1-2;;;1-2/h30H,14-29H2,1-13H3,(H,40,47)(H,41,48)(H,42,49)(H,43,50);17H,1-16,19-23H2,(H,24,27);4-6H2,1-3H3,(H,10,11);6H,2-5,8-9H2,1H3;2H,1H3;2*1H;1-2H2. The number of alkyl halides is 1. The number of amides is 6. The van der Waals surface area contributed by atoms with Crippen LogP contribution in [0.3, 0.4) is 0 Å². The minimum Gasteiger partial charge on any atom is -0.468 e. The van der Waals surface area contributed by atoms with Gasteiger partial charge in [0, 0.05) is 71.3 Å². The molecular formula is C73H162BrCl2N19O16. The van der Waals surface area contributed by atoms with Gasteiger partial charge in [0.2, 0.25) is 0 Å². The highest BCUT2D eigenvalue weighted by Crippen LogP contribution is 2.17. The molecule has 0 fully saturated rings. The first-order valence-electron chi connectivity index (χ1n) is 38.6. The molecule has 35 nitrogen and oxygen atoms in total. The Bertz CT molecular complexity index is 2170. The Morgan fingerprint density at radius 2 is 0.604 bits per heavy atom. The Hall–Kier alpha value is -4.74. The topological polar surface area (TPSA) is 541 Å². The van der Waals surface area contributed by atoms with Crippen LogP contribution in [0.2, 0.25) is 0 Å². The number of alkyl carbamates (subject to hydrolysis) is 5. The van der Waals surface area contributed by atoms with Crippen LogP contribution in [-0.2, 0) is 47.5 Å². The number of carbonyl (C=O) groups is 8. The van der Waals surface area contributed by atoms with Crippen molar-refractivity contribution in [1.29, 1.82) is 0 Å². The van der Waals surface area contributed by atoms with Crippen LogP contribution < -0.4 is 83.9 Å². The van der Waals surface area contributed by atoms with E-state index in [0.717, 1.165) is 129 Å². The Balaban J connectivity index is -0.000000258. The number of unbranched alkanes of at least 4 members (excludes halogenated alkanes) is 3. The Kier molecular flexibility index (Phi) is 84.1. The number of methoxy groups -OCH3 is 2. The second-order valence-electron chi connectivity index (χ2n) is 30.4. The number of esters is 2. The summed E-state index contributed by atoms with van der Waals surface area (Å²) >= 11 is 3.27. The first-order valence-corrected chi connectivity index (χ1v) is 39.8. The quantitative estimate of drug-likeness (QED) is 0.00664. The Morgan fingerprint density at radius 1 is 0.360 bits per heavy atom. The summed E-state index contributed by atoms with van der Waals surface area (Å²) in [4.78, 5) is 105. The van der Waals surface area contributed by atoms with Gasteiger partial charge in [0.1, 0.15) is 40.1 Å². The van der Waals surface area contributed by atoms with Gasteiger partial charge >= 0.3 is 42.4 Å². The molecular weight excluding hydrogens is 1550 g/mol. The molecule has 0 aliphatic heterocycles. The number of nitrogens with two attached hydrogens (primary N) is 9. The van der Waals surface area contributed by atoms with Crippen LogP contribution in [0.4, 0.5) is 24.0 Å². The lowest BCUT2D eigenvalue weighted by atomic mass is 10.1. The summed E-state index contributed by atoms with van der Waals surface area (Å²) in [6, 6.07) is -1.24. The van der Waals surface area contributed by atoms with Gasteiger partial charge in [0.25, 0.3) is 5.91 Å². The van der Waals surface area contributed by atoms with Crippen LogP contribution in [0, 0.1) is 0 Å². The van der Waals surface area contributed by atoms with Gasteiger partial charge in [-0.1, -0.05) is 35.2 Å². The van der Waals surface area contributed by atoms with Crippen molar-refractivity contribution in [2.75, 3.05) is 158 Å². The summed E-state index contributed by atoms with van der Waals surface area (Å²) in [6.45, 7) is 40.5. The summed E-state index contributed by atoms with van der Waals surface area (Å²) < 4.78 is 36.1. The first-order chi connectivity index (χ1) is 51.1. The third-order valence-corrected chi connectivity index (χ3v) is 15.1. The lowest BCUT2D eigenvalue weighted by Gasteiger charge is -2.30. The molecule has 0 aromatic rings. The van der Waals surface area contributed by atoms with Crippen LogP contribution >= 0.6 is 40.7 Å². The normalized spacial score (nSPS) is 12.0. The molecule has 0 saturated heterocycles. The fourth-order valence-corrected chi connectivity index (χ4v) is 10.1. The second-order valence-corrected chi connectivity index (χ2v) is 31.2. The monoisotopic (exact) mass is 1710 g/mol. The van der Waals surface area contributed by atoms with Crippen molar-refractivity contribution in [3.63, 3.8) is 0 Å². The first kappa shape index (κ1) is 122. The average molecular weight is 1710 g/mol. The SMILES string of the molecule is CC(C)(C)OC(=O)NCCCBr.CO.COC(=O)C(CCCCN(CCCNC(=O)OC(C)(C)C)CCCNC(=O)OC(C)(C)C)N(CCCNC(=O)OC(C)(C)C)CCCNC(=O)OC(C)(C)C.COC(=O)C(N)CCCCN.Cl.Cl.NCCCN(CCCN)CCCCC(C(=O)NN)N(CCCN)CCCN.NN. The number of hydrazine groups is 2. The highest BCUT2D eigenvalue weighted by molar-refractivity contribution is 9.09. The van der Waals surface area contributed by atoms with Gasteiger partial charge in [-0.2, -0.15) is 0 Å². The molecule has 0 aliphatic carbocycles. The summed E-state index contributed by atoms with van der Waals surface area (Å²) in [5.41, 5.74) is 32.8. The maximum Gasteiger partial charge on any atom is 0.407 e. The third-order valence-electron chi connectivity index (χ3n) is 14.5. The van der Waals surface area contributed by atoms with E-state index >= 15 is 0 Å². The number of nitrogens with one attached hydrogen (secondary N) is 6. The van der Waals surface area contributed by atoms with Crippen molar-refractivity contribution >= 4 is 89.1 Å². The van der Waals surface area contributed by atoms with Gasteiger partial charge in [-0.15, -0.1) is 24.8 Å². The number of nitrogens with zero attached hydrogens (tertiary/aromatic N) is 4. The van der Waals surface area contributed by atoms with Crippen molar-refractivity contribution in [2.24, 2.45) is 51.9 Å². The van der Waals surface area contributed by atoms with E-state index < -0.39 is 64.5 Å². The van der Waals surface area contributed by atoms with E-state index in [4.69, 9.17) is 73.8 Å². The van der Waals surface area contributed by atoms with E-state index in [1.54, 1.807) is 41.5 Å². The summed E-state index contributed by atoms with van der Waals surface area (Å²) in [5.74, 6) is 12.6. The van der Waals surface area contributed by atoms with Crippen molar-refractivity contribution in [1.82, 2.24) is 51.6 Å². The van der Waals surface area contributed by atoms with E-state index in [0.29, 0.717) is 130 Å². The molecule has 0 bridgehead atoms. The zero-order chi connectivity index (χ0) is 84.9. The maximum absolute atomic E-state index is 13.2. The molecule has 0 aromatic heterocycles. The Morgan fingerprint density at radius 3 is 0.883 bits per heavy atom. The summed E-state index contributed by atoms with van der Waals surface area (Å²) in [5, 5.41) is 21.7. The van der Waals surface area contributed by atoms with Crippen molar-refractivity contribution < 1.29 is 76.6 Å². The molecule has 3 atom stereocenters. The highest BCUT2D eigenvalue weighted by Gasteiger charge is 2.28. The van der Waals surface area contributed by atoms with Crippen LogP contribution in [0.25, 0.3) is 0 Å². The largest absolute Gasteiger partial charge is 0.468 e. The van der Waals surface area contributed by atoms with Crippen LogP contribution in [0.15, 0.2) is 0 Å². The van der Waals surface area contributed by atoms with Crippen molar-refractivity contribution in [2.45, 2.75) is 266 Å². The molecule has 0 radical (unpaired) electrons. The number of hydrogen-bond acceptors (Lipinski definition) is 29. The fourth-order valence-electron chi connectivity index (χ4n) is 9.78. The molecule has 111 heavy (non-hydrogen) atoms. The summed E-state index contributed by atoms with van der Waals surface area (Å²) in [7, 11) is 3.71. The minimum atomic E-state index is -0.614. The van der Waals surface area contributed by atoms with Crippen molar-refractivity contribution in [3.8, 4) is 0 Å². The van der Waals surface area contributed by atoms with Gasteiger partial charge in [-0.25, -0.2) is 29.8 Å². The van der Waals surface area contributed by atoms with E-state index in [2.05, 4.69) is 79.1 Å². The molecule has 0 heterocycles. The molecule has 0 spiro atoms. The number of hydrogen-bond donors (Lipinski definition) is 16. The summed E-state index contributed by atoms with van der Waals surface area (Å²) in [6.07, 6.45) is 12.1. The predicted molar refractivity (Wildman–Crippen MR) is 452 cm³/mol. The van der Waals surface area contributed by atoms with Gasteiger partial charge < -0.3 is 109 Å². The van der Waals surface area contributed by atoms with Gasteiger partial charge in [0.15, 0.2) is 0 Å². The molecule has 38 heteroatoms. The van der Waals surface area contributed by atoms with E-state index in [1.165, 1.54) is 14.2 Å². The average Bonchev–Trinajstić information content (AvgIpc) is 0.885. The second kappa shape index (κ2) is 76.5. The van der Waals surface area contributed by atoms with Crippen LogP contribution in [0.1, 0.15) is 219 Å². The number of aliphatic hydroxyl groups excluding tert-OH is 1. The maximum atomic E-state index is 13.2. The van der Waals surface area contributed by atoms with Crippen LogP contribution in [-0.4, -0.2) is 277 Å². The lowest BCUT2D eigenvalue weighted by molar-refractivity contribution is -0.147. The molecule has 6 amide bonds. The molecule has 0 aliphatic rings. The van der Waals surface area contributed by atoms with Crippen molar-refractivity contribution in [3.05, 3.63) is 0 Å². The highest BCUT2D eigenvalue weighted by atomic mass is 79.9. The van der Waals surface area contributed by atoms with Gasteiger partial charge in [-0.3, -0.25) is 41.3 Å². The number of ether oxygens (including phenoxy) is 7. The molecule has 25 N–H and O–H groups in total. The van der Waals surface area contributed by atoms with Crippen LogP contribution in [0.5, 0.6) is 0 Å². The van der Waals surface area contributed by atoms with E-state index in [9.17, 15) is 38.4 Å². The molecule has 0 aromatic carbocycles. The number of carbonyl (C=O) groups excluding carboxylic acids is 8. The molecule has 0 saturated carbocycles. The fraction of sp³-hybridized carbons (Fsp3) is 0.890. The van der Waals surface area contributed by atoms with E-state index in [-0.39, 0.29) is 54.8 Å². The lowest BCUT2D eigenvalue weighted by Crippen LogP contribution is -2.50. The minimum absolute atomic E-state index is 0. The number of aliphatic hydroxyl groups is 1. The molecule has 0 rings (SSSR count). The zero-order valence-corrected chi connectivity index (χ0v) is 74.8. The molecule has 3 unspecified atom stereocenters. The van der Waals surface area contributed by atoms with Gasteiger partial charge in [-0.05, 0) is 272 Å². The third kappa shape index (κ3) is 86.0. The Labute approximate surface area is 688 Å². The number of rotatable bonds is 50. The molecule has 666 valence electrons. The van der Waals surface area contributed by atoms with E-state index in [1.807, 2.05) is 67.2 Å². The number of halogens is 3. The smallest absolute Gasteiger partial charge is 0.407 e. The van der Waals surface area contributed by atoms with Gasteiger partial charge in [0.05, 0.1) is 20.3 Å². The predicted octanol–water partition coefficient (Wildman–Crippen LogP) is 5.66.